The van der Waals surface area contributed by atoms with Crippen LogP contribution in [0.2, 0.25) is 0 Å². The number of benzene rings is 2. The third-order valence-corrected chi connectivity index (χ3v) is 5.08. The minimum atomic E-state index is -0.0116. The van der Waals surface area contributed by atoms with Gasteiger partial charge in [-0.3, -0.25) is 9.59 Å². The lowest BCUT2D eigenvalue weighted by atomic mass is 9.96. The van der Waals surface area contributed by atoms with E-state index in [-0.39, 0.29) is 11.8 Å². The molecule has 0 fully saturated rings. The van der Waals surface area contributed by atoms with Crippen molar-refractivity contribution in [2.75, 3.05) is 18.0 Å². The van der Waals surface area contributed by atoms with Crippen LogP contribution in [0.15, 0.2) is 42.5 Å². The maximum absolute atomic E-state index is 12.5. The first-order chi connectivity index (χ1) is 12.2. The van der Waals surface area contributed by atoms with Crippen LogP contribution in [0, 0.1) is 0 Å². The van der Waals surface area contributed by atoms with E-state index < -0.39 is 0 Å². The molecule has 2 amide bonds. The van der Waals surface area contributed by atoms with Crippen LogP contribution in [0.1, 0.15) is 39.9 Å². The van der Waals surface area contributed by atoms with Gasteiger partial charge < -0.3 is 10.2 Å². The molecule has 4 nitrogen and oxygen atoms in total. The van der Waals surface area contributed by atoms with E-state index in [1.54, 1.807) is 0 Å². The summed E-state index contributed by atoms with van der Waals surface area (Å²) in [5, 5.41) is 3.03. The summed E-state index contributed by atoms with van der Waals surface area (Å²) in [6, 6.07) is 14.2. The fraction of sp³-hybridized carbons (Fsp3) is 0.333. The summed E-state index contributed by atoms with van der Waals surface area (Å²) in [6.07, 6.45) is 4.04. The average Bonchev–Trinajstić information content (AvgIpc) is 3.08. The highest BCUT2D eigenvalue weighted by atomic mass is 16.2. The van der Waals surface area contributed by atoms with E-state index in [2.05, 4.69) is 17.4 Å². The molecule has 2 aliphatic rings. The molecule has 4 rings (SSSR count). The Bertz CT molecular complexity index is 814. The molecule has 0 aliphatic carbocycles. The van der Waals surface area contributed by atoms with Gasteiger partial charge in [0.2, 0.25) is 5.91 Å². The minimum Gasteiger partial charge on any atom is -0.352 e. The molecule has 128 valence electrons. The quantitative estimate of drug-likeness (QED) is 0.855. The molecule has 0 saturated carbocycles. The molecule has 1 N–H and O–H groups in total. The summed E-state index contributed by atoms with van der Waals surface area (Å²) in [5.41, 5.74) is 5.37. The van der Waals surface area contributed by atoms with Crippen molar-refractivity contribution in [3.63, 3.8) is 0 Å². The van der Waals surface area contributed by atoms with Crippen LogP contribution < -0.4 is 10.2 Å². The topological polar surface area (TPSA) is 49.4 Å². The number of nitrogens with zero attached hydrogens (tertiary/aromatic N) is 1. The highest BCUT2D eigenvalue weighted by Gasteiger charge is 2.31. The van der Waals surface area contributed by atoms with E-state index in [1.807, 2.05) is 35.2 Å². The number of anilines is 1. The third kappa shape index (κ3) is 3.16. The van der Waals surface area contributed by atoms with Crippen molar-refractivity contribution < 1.29 is 9.59 Å². The molecule has 4 heteroatoms. The molecular formula is C21H22N2O2. The largest absolute Gasteiger partial charge is 0.352 e. The average molecular weight is 334 g/mol. The van der Waals surface area contributed by atoms with Crippen LogP contribution in [0.3, 0.4) is 0 Å². The van der Waals surface area contributed by atoms with Crippen molar-refractivity contribution >= 4 is 17.5 Å². The van der Waals surface area contributed by atoms with E-state index in [9.17, 15) is 9.59 Å². The normalized spacial score (nSPS) is 15.2. The van der Waals surface area contributed by atoms with Crippen LogP contribution in [0.5, 0.6) is 0 Å². The lowest BCUT2D eigenvalue weighted by Crippen LogP contribution is -2.33. The third-order valence-electron chi connectivity index (χ3n) is 5.08. The molecule has 2 aromatic carbocycles. The van der Waals surface area contributed by atoms with Crippen molar-refractivity contribution in [1.82, 2.24) is 5.32 Å². The summed E-state index contributed by atoms with van der Waals surface area (Å²) in [7, 11) is 0. The van der Waals surface area contributed by atoms with E-state index in [4.69, 9.17) is 0 Å². The van der Waals surface area contributed by atoms with Gasteiger partial charge in [0.25, 0.3) is 5.91 Å². The van der Waals surface area contributed by atoms with Crippen LogP contribution >= 0.6 is 0 Å². The van der Waals surface area contributed by atoms with Gasteiger partial charge in [0.05, 0.1) is 5.69 Å². The Hall–Kier alpha value is -2.62. The fourth-order valence-corrected chi connectivity index (χ4v) is 3.83. The first-order valence-electron chi connectivity index (χ1n) is 9.00. The zero-order valence-electron chi connectivity index (χ0n) is 14.3. The van der Waals surface area contributed by atoms with Gasteiger partial charge in [0.1, 0.15) is 0 Å². The van der Waals surface area contributed by atoms with Crippen LogP contribution in [0.4, 0.5) is 5.69 Å². The Labute approximate surface area is 147 Å². The molecule has 25 heavy (non-hydrogen) atoms. The van der Waals surface area contributed by atoms with Crippen LogP contribution in [-0.4, -0.2) is 24.9 Å². The van der Waals surface area contributed by atoms with Gasteiger partial charge in [-0.25, -0.2) is 0 Å². The standard InChI is InChI=1S/C21H22N2O2/c24-19-9-8-16-13-18(14-17-10-12-23(19)20(16)17)21(25)22-11-4-7-15-5-2-1-3-6-15/h1-3,5-6,13-14H,4,7-12H2,(H,22,25). The molecular weight excluding hydrogens is 312 g/mol. The van der Waals surface area contributed by atoms with Gasteiger partial charge in [-0.1, -0.05) is 30.3 Å². The molecule has 0 atom stereocenters. The lowest BCUT2D eigenvalue weighted by molar-refractivity contribution is -0.118. The number of nitrogens with one attached hydrogen (secondary N) is 1. The van der Waals surface area contributed by atoms with E-state index >= 15 is 0 Å². The summed E-state index contributed by atoms with van der Waals surface area (Å²) < 4.78 is 0. The zero-order valence-corrected chi connectivity index (χ0v) is 14.3. The summed E-state index contributed by atoms with van der Waals surface area (Å²) >= 11 is 0. The van der Waals surface area contributed by atoms with Crippen LogP contribution in [0.25, 0.3) is 0 Å². The molecule has 0 spiro atoms. The zero-order chi connectivity index (χ0) is 17.2. The minimum absolute atomic E-state index is 0.0116. The van der Waals surface area contributed by atoms with E-state index in [0.29, 0.717) is 13.0 Å². The second-order valence-corrected chi connectivity index (χ2v) is 6.78. The Morgan fingerprint density at radius 1 is 1.04 bits per heavy atom. The van der Waals surface area contributed by atoms with Crippen molar-refractivity contribution in [2.24, 2.45) is 0 Å². The van der Waals surface area contributed by atoms with Crippen LogP contribution in [-0.2, 0) is 24.1 Å². The second kappa shape index (κ2) is 6.71. The Kier molecular flexibility index (Phi) is 4.26. The Morgan fingerprint density at radius 3 is 2.60 bits per heavy atom. The Morgan fingerprint density at radius 2 is 1.80 bits per heavy atom. The first kappa shape index (κ1) is 15.9. The predicted octanol–water partition coefficient (Wildman–Crippen LogP) is 2.88. The smallest absolute Gasteiger partial charge is 0.251 e. The highest BCUT2D eigenvalue weighted by Crippen LogP contribution is 2.37. The molecule has 0 unspecified atom stereocenters. The second-order valence-electron chi connectivity index (χ2n) is 6.78. The maximum Gasteiger partial charge on any atom is 0.251 e. The number of amides is 2. The van der Waals surface area contributed by atoms with Gasteiger partial charge in [-0.2, -0.15) is 0 Å². The molecule has 2 aromatic rings. The lowest BCUT2D eigenvalue weighted by Gasteiger charge is -2.25. The number of rotatable bonds is 5. The number of carbonyl (C=O) groups is 2. The number of hydrogen-bond donors (Lipinski definition) is 1. The van der Waals surface area contributed by atoms with Gasteiger partial charge in [0, 0.05) is 25.1 Å². The maximum atomic E-state index is 12.5. The molecule has 0 bridgehead atoms. The first-order valence-corrected chi connectivity index (χ1v) is 9.00. The van der Waals surface area contributed by atoms with Gasteiger partial charge in [0.15, 0.2) is 0 Å². The fourth-order valence-electron chi connectivity index (χ4n) is 3.83. The molecule has 0 saturated heterocycles. The Balaban J connectivity index is 1.39. The summed E-state index contributed by atoms with van der Waals surface area (Å²) in [6.45, 7) is 1.42. The monoisotopic (exact) mass is 334 g/mol. The van der Waals surface area contributed by atoms with Gasteiger partial charge in [-0.05, 0) is 54.5 Å². The summed E-state index contributed by atoms with van der Waals surface area (Å²) in [5.74, 6) is 0.201. The van der Waals surface area contributed by atoms with E-state index in [0.717, 1.165) is 54.6 Å². The van der Waals surface area contributed by atoms with Crippen molar-refractivity contribution in [2.45, 2.75) is 32.1 Å². The molecule has 0 aromatic heterocycles. The molecule has 2 aliphatic heterocycles. The number of hydrogen-bond acceptors (Lipinski definition) is 2. The summed E-state index contributed by atoms with van der Waals surface area (Å²) in [4.78, 5) is 26.4. The van der Waals surface area contributed by atoms with E-state index in [1.165, 1.54) is 5.56 Å². The van der Waals surface area contributed by atoms with Gasteiger partial charge in [-0.15, -0.1) is 0 Å². The molecule has 0 radical (unpaired) electrons. The highest BCUT2D eigenvalue weighted by molar-refractivity contribution is 6.01. The SMILES string of the molecule is O=C(NCCCc1ccccc1)c1cc2c3c(c1)CCN3C(=O)CC2. The van der Waals surface area contributed by atoms with Crippen molar-refractivity contribution in [3.05, 3.63) is 64.7 Å². The van der Waals surface area contributed by atoms with Crippen molar-refractivity contribution in [1.29, 1.82) is 0 Å². The number of carbonyl (C=O) groups excluding carboxylic acids is 2. The van der Waals surface area contributed by atoms with Gasteiger partial charge >= 0.3 is 0 Å². The predicted molar refractivity (Wildman–Crippen MR) is 97.9 cm³/mol. The number of aryl methyl sites for hydroxylation is 2. The van der Waals surface area contributed by atoms with Crippen molar-refractivity contribution in [3.8, 4) is 0 Å². The molecule has 2 heterocycles.